The molecule has 21 heavy (non-hydrogen) atoms. The van der Waals surface area contributed by atoms with Crippen molar-refractivity contribution in [2.45, 2.75) is 38.1 Å². The molecule has 2 aromatic rings. The largest absolute Gasteiger partial charge is 0.493 e. The molecule has 0 saturated carbocycles. The van der Waals surface area contributed by atoms with E-state index in [0.29, 0.717) is 12.0 Å². The van der Waals surface area contributed by atoms with Crippen LogP contribution in [0.5, 0.6) is 5.75 Å². The molecule has 1 aromatic carbocycles. The van der Waals surface area contributed by atoms with Gasteiger partial charge in [0.25, 0.3) is 0 Å². The fourth-order valence-electron chi connectivity index (χ4n) is 3.03. The summed E-state index contributed by atoms with van der Waals surface area (Å²) in [5.41, 5.74) is 3.27. The van der Waals surface area contributed by atoms with Gasteiger partial charge in [-0.3, -0.25) is 4.98 Å². The summed E-state index contributed by atoms with van der Waals surface area (Å²) < 4.78 is 5.81. The standard InChI is InChI=1S/C17H22N2OS/c1-2-8-19-16(10-13-11-18-12-21-13)14-7-9-20-17-6-4-3-5-15(14)17/h3-6,11-12,14,16,19H,2,7-10H2,1H3. The molecule has 112 valence electrons. The van der Waals surface area contributed by atoms with Crippen LogP contribution in [0.4, 0.5) is 0 Å². The first-order valence-electron chi connectivity index (χ1n) is 7.71. The third-order valence-corrected chi connectivity index (χ3v) is 4.85. The Bertz CT molecular complexity index is 556. The molecule has 0 radical (unpaired) electrons. The Hall–Kier alpha value is -1.39. The number of fused-ring (bicyclic) bond motifs is 1. The van der Waals surface area contributed by atoms with Crippen LogP contribution in [0.15, 0.2) is 36.0 Å². The summed E-state index contributed by atoms with van der Waals surface area (Å²) >= 11 is 1.75. The number of thiazole rings is 1. The number of hydrogen-bond donors (Lipinski definition) is 1. The lowest BCUT2D eigenvalue weighted by atomic mass is 9.85. The normalized spacial score (nSPS) is 18.8. The third-order valence-electron chi connectivity index (χ3n) is 4.05. The maximum atomic E-state index is 5.81. The van der Waals surface area contributed by atoms with Crippen LogP contribution < -0.4 is 10.1 Å². The van der Waals surface area contributed by atoms with Gasteiger partial charge < -0.3 is 10.1 Å². The summed E-state index contributed by atoms with van der Waals surface area (Å²) in [6.45, 7) is 4.09. The average Bonchev–Trinajstić information content (AvgIpc) is 3.04. The predicted molar refractivity (Wildman–Crippen MR) is 87.2 cm³/mol. The smallest absolute Gasteiger partial charge is 0.122 e. The van der Waals surface area contributed by atoms with Crippen molar-refractivity contribution < 1.29 is 4.74 Å². The van der Waals surface area contributed by atoms with Crippen LogP contribution in [-0.2, 0) is 6.42 Å². The first-order chi connectivity index (χ1) is 10.4. The fourth-order valence-corrected chi connectivity index (χ4v) is 3.69. The highest BCUT2D eigenvalue weighted by atomic mass is 32.1. The number of aromatic nitrogens is 1. The Morgan fingerprint density at radius 3 is 3.14 bits per heavy atom. The second-order valence-corrected chi connectivity index (χ2v) is 6.48. The lowest BCUT2D eigenvalue weighted by molar-refractivity contribution is 0.244. The summed E-state index contributed by atoms with van der Waals surface area (Å²) in [6, 6.07) is 8.93. The minimum Gasteiger partial charge on any atom is -0.493 e. The maximum absolute atomic E-state index is 5.81. The summed E-state index contributed by atoms with van der Waals surface area (Å²) in [6.07, 6.45) is 5.28. The minimum absolute atomic E-state index is 0.454. The van der Waals surface area contributed by atoms with E-state index in [1.54, 1.807) is 11.3 Å². The number of hydrogen-bond acceptors (Lipinski definition) is 4. The molecule has 1 aliphatic heterocycles. The molecular weight excluding hydrogens is 280 g/mol. The van der Waals surface area contributed by atoms with Crippen molar-refractivity contribution in [3.63, 3.8) is 0 Å². The molecular formula is C17H22N2OS. The van der Waals surface area contributed by atoms with Gasteiger partial charge in [-0.2, -0.15) is 0 Å². The monoisotopic (exact) mass is 302 g/mol. The molecule has 1 aromatic heterocycles. The van der Waals surface area contributed by atoms with Gasteiger partial charge in [-0.1, -0.05) is 25.1 Å². The van der Waals surface area contributed by atoms with Crippen LogP contribution in [0.1, 0.15) is 36.1 Å². The highest BCUT2D eigenvalue weighted by molar-refractivity contribution is 7.09. The number of benzene rings is 1. The van der Waals surface area contributed by atoms with Crippen LogP contribution in [0.25, 0.3) is 0 Å². The zero-order valence-corrected chi connectivity index (χ0v) is 13.2. The third kappa shape index (κ3) is 3.44. The molecule has 0 spiro atoms. The number of nitrogens with zero attached hydrogens (tertiary/aromatic N) is 1. The van der Waals surface area contributed by atoms with E-state index in [9.17, 15) is 0 Å². The summed E-state index contributed by atoms with van der Waals surface area (Å²) in [5, 5.41) is 3.74. The molecule has 0 aliphatic carbocycles. The zero-order valence-electron chi connectivity index (χ0n) is 12.4. The molecule has 2 atom stereocenters. The molecule has 2 heterocycles. The summed E-state index contributed by atoms with van der Waals surface area (Å²) in [5.74, 6) is 1.57. The van der Waals surface area contributed by atoms with Crippen LogP contribution in [0.2, 0.25) is 0 Å². The van der Waals surface area contributed by atoms with Crippen molar-refractivity contribution in [2.24, 2.45) is 0 Å². The second kappa shape index (κ2) is 7.05. The molecule has 3 rings (SSSR count). The molecule has 0 fully saturated rings. The van der Waals surface area contributed by atoms with Gasteiger partial charge in [-0.15, -0.1) is 11.3 Å². The Labute approximate surface area is 130 Å². The highest BCUT2D eigenvalue weighted by Gasteiger charge is 2.28. The van der Waals surface area contributed by atoms with Gasteiger partial charge >= 0.3 is 0 Å². The molecule has 1 N–H and O–H groups in total. The van der Waals surface area contributed by atoms with E-state index in [1.165, 1.54) is 10.4 Å². The van der Waals surface area contributed by atoms with Gasteiger partial charge in [0.1, 0.15) is 5.75 Å². The lowest BCUT2D eigenvalue weighted by Crippen LogP contribution is -2.39. The van der Waals surface area contributed by atoms with Crippen molar-refractivity contribution in [3.8, 4) is 5.75 Å². The fraction of sp³-hybridized carbons (Fsp3) is 0.471. The molecule has 4 heteroatoms. The van der Waals surface area contributed by atoms with Gasteiger partial charge in [0.05, 0.1) is 12.1 Å². The summed E-state index contributed by atoms with van der Waals surface area (Å²) in [7, 11) is 0. The second-order valence-electron chi connectivity index (χ2n) is 5.51. The first-order valence-corrected chi connectivity index (χ1v) is 8.59. The number of nitrogens with one attached hydrogen (secondary N) is 1. The van der Waals surface area contributed by atoms with Gasteiger partial charge in [-0.25, -0.2) is 0 Å². The number of para-hydroxylation sites is 1. The topological polar surface area (TPSA) is 34.2 Å². The van der Waals surface area contributed by atoms with E-state index < -0.39 is 0 Å². The number of ether oxygens (including phenoxy) is 1. The average molecular weight is 302 g/mol. The Balaban J connectivity index is 1.82. The number of rotatable bonds is 6. The predicted octanol–water partition coefficient (Wildman–Crippen LogP) is 3.62. The van der Waals surface area contributed by atoms with Crippen molar-refractivity contribution >= 4 is 11.3 Å². The Kier molecular flexibility index (Phi) is 4.88. The summed E-state index contributed by atoms with van der Waals surface area (Å²) in [4.78, 5) is 5.57. The van der Waals surface area contributed by atoms with Crippen molar-refractivity contribution in [1.82, 2.24) is 10.3 Å². The Morgan fingerprint density at radius 1 is 1.43 bits per heavy atom. The maximum Gasteiger partial charge on any atom is 0.122 e. The van der Waals surface area contributed by atoms with Crippen LogP contribution >= 0.6 is 11.3 Å². The molecule has 0 bridgehead atoms. The molecule has 1 aliphatic rings. The lowest BCUT2D eigenvalue weighted by Gasteiger charge is -2.33. The zero-order chi connectivity index (χ0) is 14.5. The quantitative estimate of drug-likeness (QED) is 0.885. The molecule has 2 unspecified atom stereocenters. The van der Waals surface area contributed by atoms with Gasteiger partial charge in [0.15, 0.2) is 0 Å². The molecule has 3 nitrogen and oxygen atoms in total. The van der Waals surface area contributed by atoms with Gasteiger partial charge in [0.2, 0.25) is 0 Å². The van der Waals surface area contributed by atoms with E-state index in [2.05, 4.69) is 41.5 Å². The van der Waals surface area contributed by atoms with Crippen molar-refractivity contribution in [2.75, 3.05) is 13.2 Å². The van der Waals surface area contributed by atoms with E-state index in [1.807, 2.05) is 11.7 Å². The van der Waals surface area contributed by atoms with Crippen LogP contribution in [-0.4, -0.2) is 24.2 Å². The Morgan fingerprint density at radius 2 is 2.33 bits per heavy atom. The van der Waals surface area contributed by atoms with Crippen molar-refractivity contribution in [3.05, 3.63) is 46.4 Å². The van der Waals surface area contributed by atoms with E-state index >= 15 is 0 Å². The van der Waals surface area contributed by atoms with Crippen LogP contribution in [0.3, 0.4) is 0 Å². The minimum atomic E-state index is 0.454. The SMILES string of the molecule is CCCNC(Cc1cncs1)C1CCOc2ccccc21. The van der Waals surface area contributed by atoms with Gasteiger partial charge in [-0.05, 0) is 37.4 Å². The van der Waals surface area contributed by atoms with E-state index in [-0.39, 0.29) is 0 Å². The molecule has 0 saturated heterocycles. The molecule has 0 amide bonds. The van der Waals surface area contributed by atoms with Crippen molar-refractivity contribution in [1.29, 1.82) is 0 Å². The highest BCUT2D eigenvalue weighted by Crippen LogP contribution is 2.36. The van der Waals surface area contributed by atoms with Gasteiger partial charge in [0, 0.05) is 23.0 Å². The van der Waals surface area contributed by atoms with E-state index in [0.717, 1.165) is 38.2 Å². The van der Waals surface area contributed by atoms with Crippen LogP contribution in [0, 0.1) is 0 Å². The van der Waals surface area contributed by atoms with E-state index in [4.69, 9.17) is 4.74 Å². The first kappa shape index (κ1) is 14.5.